The van der Waals surface area contributed by atoms with Gasteiger partial charge in [0.1, 0.15) is 29.9 Å². The largest absolute Gasteiger partial charge is 0.477 e. The lowest BCUT2D eigenvalue weighted by molar-refractivity contribution is -0.150. The van der Waals surface area contributed by atoms with Gasteiger partial charge in [0.2, 0.25) is 0 Å². The molecule has 2 atom stereocenters. The Morgan fingerprint density at radius 3 is 2.92 bits per heavy atom. The Hall–Kier alpha value is -2.60. The van der Waals surface area contributed by atoms with Gasteiger partial charge < -0.3 is 21.0 Å². The molecule has 3 heterocycles. The number of fused-ring (bicyclic) bond motifs is 1. The maximum atomic E-state index is 12.5. The fraction of sp³-hybridized carbons (Fsp3) is 0.308. The highest BCUT2D eigenvalue weighted by Gasteiger charge is 2.53. The van der Waals surface area contributed by atoms with Gasteiger partial charge in [-0.3, -0.25) is 14.5 Å². The molecule has 1 aromatic rings. The number of β-lactam (4-membered cyclic amide) rings is 1. The number of thiazole rings is 1. The Labute approximate surface area is 149 Å². The van der Waals surface area contributed by atoms with Crippen LogP contribution in [-0.4, -0.2) is 62.8 Å². The van der Waals surface area contributed by atoms with Crippen molar-refractivity contribution < 1.29 is 24.3 Å². The first-order chi connectivity index (χ1) is 11.9. The molecule has 0 bridgehead atoms. The third-order valence-corrected chi connectivity index (χ3v) is 5.37. The average Bonchev–Trinajstić information content (AvgIpc) is 3.02. The number of hydrogen-bond donors (Lipinski definition) is 3. The maximum absolute atomic E-state index is 12.5. The van der Waals surface area contributed by atoms with E-state index in [0.29, 0.717) is 5.75 Å². The standard InChI is InChI=1S/C13H13N5O5S2/c1-23-17-7(5-4-25-13(14)15-5)9(19)16-8-10(20)18-6(12(21)22)2-3-24-11(8)18/h2,4,8,11H,3H2,1H3,(H2,14,15)(H,16,19)(H,21,22)/b17-7+/t8-,11?/m1/s1. The van der Waals surface area contributed by atoms with Crippen molar-refractivity contribution in [2.45, 2.75) is 11.4 Å². The number of nitrogens with zero attached hydrogens (tertiary/aromatic N) is 3. The quantitative estimate of drug-likeness (QED) is 0.348. The molecule has 1 aromatic heterocycles. The molecule has 3 rings (SSSR count). The van der Waals surface area contributed by atoms with Crippen LogP contribution in [0, 0.1) is 0 Å². The summed E-state index contributed by atoms with van der Waals surface area (Å²) in [6.45, 7) is 0. The second-order valence-electron chi connectivity index (χ2n) is 4.97. The van der Waals surface area contributed by atoms with Crippen LogP contribution >= 0.6 is 23.1 Å². The monoisotopic (exact) mass is 383 g/mol. The number of amides is 2. The Kier molecular flexibility index (Phi) is 4.63. The normalized spacial score (nSPS) is 22.6. The van der Waals surface area contributed by atoms with E-state index in [1.54, 1.807) is 5.38 Å². The summed E-state index contributed by atoms with van der Waals surface area (Å²) in [4.78, 5) is 45.7. The summed E-state index contributed by atoms with van der Waals surface area (Å²) >= 11 is 2.49. The second-order valence-corrected chi connectivity index (χ2v) is 7.01. The molecule has 4 N–H and O–H groups in total. The van der Waals surface area contributed by atoms with Gasteiger partial charge in [0, 0.05) is 11.1 Å². The van der Waals surface area contributed by atoms with Crippen LogP contribution in [-0.2, 0) is 19.2 Å². The number of anilines is 1. The lowest BCUT2D eigenvalue weighted by atomic mass is 10.0. The molecular formula is C13H13N5O5S2. The summed E-state index contributed by atoms with van der Waals surface area (Å²) in [5.41, 5.74) is 5.60. The number of nitrogen functional groups attached to an aromatic ring is 1. The highest BCUT2D eigenvalue weighted by Crippen LogP contribution is 2.37. The van der Waals surface area contributed by atoms with Crippen molar-refractivity contribution in [1.82, 2.24) is 15.2 Å². The topological polar surface area (TPSA) is 147 Å². The summed E-state index contributed by atoms with van der Waals surface area (Å²) in [6, 6.07) is -0.849. The van der Waals surface area contributed by atoms with Crippen molar-refractivity contribution in [2.75, 3.05) is 18.6 Å². The van der Waals surface area contributed by atoms with E-state index in [-0.39, 0.29) is 22.2 Å². The molecule has 2 amide bonds. The molecule has 0 aliphatic carbocycles. The van der Waals surface area contributed by atoms with Crippen LogP contribution in [0.1, 0.15) is 5.69 Å². The number of carboxylic acids is 1. The highest BCUT2D eigenvalue weighted by atomic mass is 32.2. The molecule has 1 unspecified atom stereocenters. The first-order valence-corrected chi connectivity index (χ1v) is 8.88. The molecule has 2 aliphatic heterocycles. The number of aromatic nitrogens is 1. The van der Waals surface area contributed by atoms with Crippen LogP contribution in [0.5, 0.6) is 0 Å². The summed E-state index contributed by atoms with van der Waals surface area (Å²) in [6.07, 6.45) is 1.47. The van der Waals surface area contributed by atoms with Crippen LogP contribution in [0.4, 0.5) is 5.13 Å². The van der Waals surface area contributed by atoms with E-state index in [1.165, 1.54) is 24.9 Å². The van der Waals surface area contributed by atoms with Gasteiger partial charge in [-0.1, -0.05) is 5.16 Å². The summed E-state index contributed by atoms with van der Waals surface area (Å²) in [7, 11) is 1.28. The lowest BCUT2D eigenvalue weighted by Gasteiger charge is -2.48. The summed E-state index contributed by atoms with van der Waals surface area (Å²) < 4.78 is 0. The number of rotatable bonds is 5. The van der Waals surface area contributed by atoms with Gasteiger partial charge in [0.25, 0.3) is 11.8 Å². The minimum atomic E-state index is -1.18. The van der Waals surface area contributed by atoms with Crippen molar-refractivity contribution in [3.8, 4) is 0 Å². The number of oxime groups is 1. The number of aliphatic carboxylic acids is 1. The van der Waals surface area contributed by atoms with E-state index in [4.69, 9.17) is 10.8 Å². The van der Waals surface area contributed by atoms with E-state index in [0.717, 1.165) is 16.2 Å². The van der Waals surface area contributed by atoms with Gasteiger partial charge in [-0.2, -0.15) is 0 Å². The van der Waals surface area contributed by atoms with Crippen molar-refractivity contribution >= 4 is 51.7 Å². The molecule has 132 valence electrons. The third-order valence-electron chi connectivity index (χ3n) is 3.51. The number of carbonyl (C=O) groups is 3. The van der Waals surface area contributed by atoms with E-state index in [1.807, 2.05) is 0 Å². The smallest absolute Gasteiger partial charge is 0.352 e. The van der Waals surface area contributed by atoms with Gasteiger partial charge in [0.15, 0.2) is 10.8 Å². The molecule has 0 saturated carbocycles. The van der Waals surface area contributed by atoms with Crippen LogP contribution < -0.4 is 11.1 Å². The van der Waals surface area contributed by atoms with Gasteiger partial charge in [-0.15, -0.1) is 23.1 Å². The molecule has 2 aliphatic rings. The van der Waals surface area contributed by atoms with Crippen LogP contribution in [0.3, 0.4) is 0 Å². The summed E-state index contributed by atoms with van der Waals surface area (Å²) in [5, 5.41) is 16.7. The number of hydrogen-bond acceptors (Lipinski definition) is 9. The zero-order valence-corrected chi connectivity index (χ0v) is 14.5. The van der Waals surface area contributed by atoms with Crippen LogP contribution in [0.25, 0.3) is 0 Å². The number of carboxylic acid groups (broad SMARTS) is 1. The van der Waals surface area contributed by atoms with Crippen molar-refractivity contribution in [3.05, 3.63) is 22.8 Å². The van der Waals surface area contributed by atoms with Gasteiger partial charge >= 0.3 is 5.97 Å². The molecular weight excluding hydrogens is 370 g/mol. The Morgan fingerprint density at radius 1 is 1.56 bits per heavy atom. The predicted molar refractivity (Wildman–Crippen MR) is 90.8 cm³/mol. The van der Waals surface area contributed by atoms with Crippen molar-refractivity contribution in [2.24, 2.45) is 5.16 Å². The Balaban J connectivity index is 1.75. The molecule has 25 heavy (non-hydrogen) atoms. The zero-order chi connectivity index (χ0) is 18.1. The van der Waals surface area contributed by atoms with Crippen LogP contribution in [0.15, 0.2) is 22.3 Å². The minimum absolute atomic E-state index is 0.0719. The fourth-order valence-electron chi connectivity index (χ4n) is 2.44. The predicted octanol–water partition coefficient (Wildman–Crippen LogP) is -0.556. The first kappa shape index (κ1) is 17.2. The molecule has 1 fully saturated rings. The molecule has 12 heteroatoms. The fourth-order valence-corrected chi connectivity index (χ4v) is 4.18. The third kappa shape index (κ3) is 3.05. The number of carbonyl (C=O) groups excluding carboxylic acids is 2. The second kappa shape index (κ2) is 6.72. The number of thioether (sulfide) groups is 1. The van der Waals surface area contributed by atoms with Gasteiger partial charge in [-0.05, 0) is 6.08 Å². The number of nitrogens with one attached hydrogen (secondary N) is 1. The Bertz CT molecular complexity index is 804. The van der Waals surface area contributed by atoms with Crippen molar-refractivity contribution in [3.63, 3.8) is 0 Å². The first-order valence-electron chi connectivity index (χ1n) is 6.95. The van der Waals surface area contributed by atoms with Crippen LogP contribution in [0.2, 0.25) is 0 Å². The van der Waals surface area contributed by atoms with E-state index in [9.17, 15) is 14.4 Å². The average molecular weight is 383 g/mol. The van der Waals surface area contributed by atoms with Gasteiger partial charge in [-0.25, -0.2) is 9.78 Å². The van der Waals surface area contributed by atoms with E-state index >= 15 is 0 Å². The number of nitrogens with two attached hydrogens (primary N) is 1. The maximum Gasteiger partial charge on any atom is 0.352 e. The SMILES string of the molecule is CO/N=C(/C(=O)N[C@@H]1C(=O)N2C(C(=O)O)=CCSC12)c1csc(N)n1. The minimum Gasteiger partial charge on any atom is -0.477 e. The van der Waals surface area contributed by atoms with Gasteiger partial charge in [0.05, 0.1) is 0 Å². The summed E-state index contributed by atoms with van der Waals surface area (Å²) in [5.74, 6) is -1.89. The van der Waals surface area contributed by atoms with E-state index in [2.05, 4.69) is 20.3 Å². The molecule has 0 spiro atoms. The molecule has 1 saturated heterocycles. The highest BCUT2D eigenvalue weighted by molar-refractivity contribution is 8.00. The van der Waals surface area contributed by atoms with Crippen molar-refractivity contribution in [1.29, 1.82) is 0 Å². The molecule has 0 aromatic carbocycles. The van der Waals surface area contributed by atoms with E-state index < -0.39 is 29.2 Å². The zero-order valence-electron chi connectivity index (χ0n) is 12.8. The lowest BCUT2D eigenvalue weighted by Crippen LogP contribution is -2.70. The Morgan fingerprint density at radius 2 is 2.32 bits per heavy atom. The molecule has 0 radical (unpaired) electrons. The molecule has 10 nitrogen and oxygen atoms in total.